The summed E-state index contributed by atoms with van der Waals surface area (Å²) >= 11 is 10.4. The molecule has 2 atom stereocenters. The van der Waals surface area contributed by atoms with Crippen molar-refractivity contribution in [1.29, 1.82) is 0 Å². The largest absolute Gasteiger partial charge is 0.496 e. The van der Waals surface area contributed by atoms with E-state index in [1.54, 1.807) is 23.1 Å². The molecule has 120 valence electrons. The molecule has 0 aliphatic carbocycles. The minimum Gasteiger partial charge on any atom is -0.496 e. The molecule has 0 fully saturated rings. The van der Waals surface area contributed by atoms with Gasteiger partial charge in [-0.05, 0) is 18.2 Å². The van der Waals surface area contributed by atoms with Gasteiger partial charge in [0, 0.05) is 23.2 Å². The number of aliphatic hydroxyl groups excluding tert-OH is 2. The zero-order chi connectivity index (χ0) is 16.3. The average Bonchev–Trinajstić information content (AvgIpc) is 2.49. The number of hydrogen-bond acceptors (Lipinski definition) is 6. The van der Waals surface area contributed by atoms with Gasteiger partial charge < -0.3 is 25.2 Å². The van der Waals surface area contributed by atoms with Crippen LogP contribution in [0.2, 0.25) is 5.02 Å². The summed E-state index contributed by atoms with van der Waals surface area (Å²) < 4.78 is 5.31. The number of hydrogen-bond donors (Lipinski definition) is 4. The number of amides is 1. The lowest BCUT2D eigenvalue weighted by molar-refractivity contribution is -0.118. The molecule has 0 spiro atoms. The number of β-amino-alcohol motifs (C(OH)–C–C–N with tert-alkyl or cyclic N) is 1. The van der Waals surface area contributed by atoms with Gasteiger partial charge in [-0.25, -0.2) is 0 Å². The van der Waals surface area contributed by atoms with Crippen LogP contribution >= 0.6 is 24.2 Å². The van der Waals surface area contributed by atoms with Crippen LogP contribution in [0.1, 0.15) is 5.56 Å². The number of rotatable bonds is 5. The van der Waals surface area contributed by atoms with Gasteiger partial charge >= 0.3 is 0 Å². The third kappa shape index (κ3) is 3.67. The predicted molar refractivity (Wildman–Crippen MR) is 86.7 cm³/mol. The first-order valence-electron chi connectivity index (χ1n) is 6.56. The van der Waals surface area contributed by atoms with Crippen LogP contribution in [0.3, 0.4) is 0 Å². The molecule has 6 nitrogen and oxygen atoms in total. The molecule has 2 rings (SSSR count). The van der Waals surface area contributed by atoms with E-state index in [2.05, 4.69) is 17.9 Å². The first-order valence-corrected chi connectivity index (χ1v) is 7.45. The first kappa shape index (κ1) is 17.0. The van der Waals surface area contributed by atoms with Gasteiger partial charge in [0.15, 0.2) is 0 Å². The lowest BCUT2D eigenvalue weighted by atomic mass is 10.1. The zero-order valence-electron chi connectivity index (χ0n) is 11.9. The van der Waals surface area contributed by atoms with Gasteiger partial charge in [-0.1, -0.05) is 11.6 Å². The summed E-state index contributed by atoms with van der Waals surface area (Å²) in [6.45, 7) is -0.308. The van der Waals surface area contributed by atoms with E-state index < -0.39 is 18.2 Å². The standard InChI is InChI=1S/C14H17ClN2O4S/c1-21-12-3-2-8(15)4-10(12)11-5-13(20)16-14(22)17(11)6-9(19)7-18/h2-5,9,14,18-19,22H,6-7H2,1H3,(H,16,20)/t9-,14?/m1/s1. The molecular formula is C14H17ClN2O4S. The number of halogens is 1. The maximum Gasteiger partial charge on any atom is 0.248 e. The second-order valence-corrected chi connectivity index (χ2v) is 5.67. The van der Waals surface area contributed by atoms with E-state index in [-0.39, 0.29) is 12.5 Å². The molecule has 1 amide bonds. The van der Waals surface area contributed by atoms with Crippen molar-refractivity contribution in [1.82, 2.24) is 10.2 Å². The zero-order valence-corrected chi connectivity index (χ0v) is 13.5. The number of nitrogens with zero attached hydrogens (tertiary/aromatic N) is 1. The van der Waals surface area contributed by atoms with E-state index in [0.717, 1.165) is 0 Å². The average molecular weight is 345 g/mol. The van der Waals surface area contributed by atoms with E-state index in [1.807, 2.05) is 0 Å². The first-order chi connectivity index (χ1) is 10.5. The number of ether oxygens (including phenoxy) is 1. The Hall–Kier alpha value is -1.41. The van der Waals surface area contributed by atoms with Gasteiger partial charge in [-0.3, -0.25) is 4.79 Å². The number of thiol groups is 1. The van der Waals surface area contributed by atoms with Crippen molar-refractivity contribution in [2.24, 2.45) is 0 Å². The molecule has 3 N–H and O–H groups in total. The summed E-state index contributed by atoms with van der Waals surface area (Å²) in [5, 5.41) is 21.9. The van der Waals surface area contributed by atoms with Crippen LogP contribution in [-0.4, -0.2) is 52.9 Å². The van der Waals surface area contributed by atoms with Crippen LogP contribution < -0.4 is 10.1 Å². The number of nitrogens with one attached hydrogen (secondary N) is 1. The highest BCUT2D eigenvalue weighted by molar-refractivity contribution is 7.80. The fraction of sp³-hybridized carbons (Fsp3) is 0.357. The summed E-state index contributed by atoms with van der Waals surface area (Å²) in [7, 11) is 1.52. The van der Waals surface area contributed by atoms with Crippen molar-refractivity contribution in [3.63, 3.8) is 0 Å². The highest BCUT2D eigenvalue weighted by Gasteiger charge is 2.29. The fourth-order valence-corrected chi connectivity index (χ4v) is 2.70. The highest BCUT2D eigenvalue weighted by Crippen LogP contribution is 2.33. The minimum absolute atomic E-state index is 0.0897. The Labute approximate surface area is 138 Å². The van der Waals surface area contributed by atoms with Crippen LogP contribution in [-0.2, 0) is 4.79 Å². The lowest BCUT2D eigenvalue weighted by Gasteiger charge is -2.37. The Kier molecular flexibility index (Phi) is 5.57. The van der Waals surface area contributed by atoms with Crippen molar-refractivity contribution < 1.29 is 19.7 Å². The Morgan fingerprint density at radius 1 is 1.55 bits per heavy atom. The minimum atomic E-state index is -0.974. The highest BCUT2D eigenvalue weighted by atomic mass is 35.5. The molecule has 1 unspecified atom stereocenters. The molecule has 0 saturated carbocycles. The maximum absolute atomic E-state index is 11.8. The van der Waals surface area contributed by atoms with E-state index in [9.17, 15) is 9.90 Å². The van der Waals surface area contributed by atoms with Crippen molar-refractivity contribution in [2.45, 2.75) is 11.6 Å². The second kappa shape index (κ2) is 7.23. The molecule has 1 aliphatic heterocycles. The lowest BCUT2D eigenvalue weighted by Crippen LogP contribution is -2.50. The topological polar surface area (TPSA) is 82.0 Å². The summed E-state index contributed by atoms with van der Waals surface area (Å²) in [5.74, 6) is 0.223. The Balaban J connectivity index is 2.47. The molecule has 1 heterocycles. The van der Waals surface area contributed by atoms with Crippen LogP contribution in [0.5, 0.6) is 5.75 Å². The number of carbonyl (C=O) groups excluding carboxylic acids is 1. The van der Waals surface area contributed by atoms with E-state index in [1.165, 1.54) is 13.2 Å². The number of methoxy groups -OCH3 is 1. The Bertz CT molecular complexity index is 596. The molecule has 1 aliphatic rings. The molecule has 0 saturated heterocycles. The normalized spacial score (nSPS) is 19.5. The quantitative estimate of drug-likeness (QED) is 0.591. The Morgan fingerprint density at radius 2 is 2.27 bits per heavy atom. The molecule has 0 bridgehead atoms. The summed E-state index contributed by atoms with van der Waals surface area (Å²) in [4.78, 5) is 13.4. The van der Waals surface area contributed by atoms with Gasteiger partial charge in [0.1, 0.15) is 11.2 Å². The van der Waals surface area contributed by atoms with Gasteiger partial charge in [0.05, 0.1) is 25.5 Å². The van der Waals surface area contributed by atoms with Crippen molar-refractivity contribution in [3.8, 4) is 5.75 Å². The molecule has 8 heteroatoms. The van der Waals surface area contributed by atoms with E-state index in [0.29, 0.717) is 22.0 Å². The molecule has 0 aromatic heterocycles. The fourth-order valence-electron chi connectivity index (χ4n) is 2.18. The van der Waals surface area contributed by atoms with Crippen molar-refractivity contribution in [2.75, 3.05) is 20.3 Å². The smallest absolute Gasteiger partial charge is 0.248 e. The summed E-state index contributed by atoms with van der Waals surface area (Å²) in [6, 6.07) is 5.04. The third-order valence-corrected chi connectivity index (χ3v) is 3.84. The maximum atomic E-state index is 11.8. The SMILES string of the molecule is COc1ccc(Cl)cc1C1=CC(=O)NC(S)N1C[C@@H](O)CO. The Morgan fingerprint density at radius 3 is 2.91 bits per heavy atom. The van der Waals surface area contributed by atoms with Gasteiger partial charge in [0.25, 0.3) is 0 Å². The van der Waals surface area contributed by atoms with E-state index in [4.69, 9.17) is 21.4 Å². The third-order valence-electron chi connectivity index (χ3n) is 3.20. The van der Waals surface area contributed by atoms with Gasteiger partial charge in [-0.15, -0.1) is 12.6 Å². The molecule has 1 aromatic carbocycles. The van der Waals surface area contributed by atoms with Crippen LogP contribution in [0.15, 0.2) is 24.3 Å². The molecule has 0 radical (unpaired) electrons. The van der Waals surface area contributed by atoms with Gasteiger partial charge in [0.2, 0.25) is 5.91 Å². The predicted octanol–water partition coefficient (Wildman–Crippen LogP) is 0.688. The number of carbonyl (C=O) groups is 1. The van der Waals surface area contributed by atoms with E-state index >= 15 is 0 Å². The molecule has 22 heavy (non-hydrogen) atoms. The molecular weight excluding hydrogens is 328 g/mol. The van der Waals surface area contributed by atoms with Crippen molar-refractivity contribution in [3.05, 3.63) is 34.9 Å². The summed E-state index contributed by atoms with van der Waals surface area (Å²) in [5.41, 5.74) is 0.474. The van der Waals surface area contributed by atoms with Gasteiger partial charge in [-0.2, -0.15) is 0 Å². The van der Waals surface area contributed by atoms with Crippen LogP contribution in [0.4, 0.5) is 0 Å². The molecule has 1 aromatic rings. The number of benzene rings is 1. The van der Waals surface area contributed by atoms with Crippen LogP contribution in [0.25, 0.3) is 5.70 Å². The monoisotopic (exact) mass is 344 g/mol. The number of aliphatic hydroxyl groups is 2. The second-order valence-electron chi connectivity index (χ2n) is 4.75. The summed E-state index contributed by atoms with van der Waals surface area (Å²) in [6.07, 6.45) is 0.406. The van der Waals surface area contributed by atoms with Crippen molar-refractivity contribution >= 4 is 35.8 Å². The van der Waals surface area contributed by atoms with Crippen LogP contribution in [0, 0.1) is 0 Å².